The van der Waals surface area contributed by atoms with Crippen LogP contribution in [0.1, 0.15) is 49.9 Å². The van der Waals surface area contributed by atoms with Crippen LogP contribution in [0.25, 0.3) is 10.2 Å². The first-order valence-electron chi connectivity index (χ1n) is 10.1. The van der Waals surface area contributed by atoms with Crippen molar-refractivity contribution in [3.8, 4) is 0 Å². The molecule has 2 aromatic heterocycles. The summed E-state index contributed by atoms with van der Waals surface area (Å²) in [4.78, 5) is 29.1. The Morgan fingerprint density at radius 3 is 2.97 bits per heavy atom. The third-order valence-electron chi connectivity index (χ3n) is 5.02. The summed E-state index contributed by atoms with van der Waals surface area (Å²) >= 11 is 1.65. The van der Waals surface area contributed by atoms with Crippen molar-refractivity contribution >= 4 is 33.3 Å². The molecule has 1 aromatic carbocycles. The van der Waals surface area contributed by atoms with Crippen molar-refractivity contribution in [1.29, 1.82) is 0 Å². The number of anilines is 1. The van der Waals surface area contributed by atoms with Crippen LogP contribution in [0.5, 0.6) is 0 Å². The third-order valence-corrected chi connectivity index (χ3v) is 6.34. The Morgan fingerprint density at radius 2 is 2.17 bits per heavy atom. The number of hydrogen-bond donors (Lipinski definition) is 2. The first kappa shape index (κ1) is 19.6. The van der Waals surface area contributed by atoms with Crippen molar-refractivity contribution < 1.29 is 4.79 Å². The van der Waals surface area contributed by atoms with Crippen LogP contribution in [-0.4, -0.2) is 31.9 Å². The number of carbonyl (C=O) groups is 1. The van der Waals surface area contributed by atoms with Gasteiger partial charge in [0, 0.05) is 37.7 Å². The molecular weight excluding hydrogens is 388 g/mol. The smallest absolute Gasteiger partial charge is 0.338 e. The number of hydrogen-bond acceptors (Lipinski definition) is 5. The lowest BCUT2D eigenvalue weighted by Gasteiger charge is -2.09. The average Bonchev–Trinajstić information content (AvgIpc) is 3.27. The molecule has 1 aliphatic heterocycles. The van der Waals surface area contributed by atoms with E-state index >= 15 is 0 Å². The molecule has 2 N–H and O–H groups in total. The highest BCUT2D eigenvalue weighted by Crippen LogP contribution is 2.29. The monoisotopic (exact) mass is 414 g/mol. The van der Waals surface area contributed by atoms with E-state index in [1.165, 1.54) is 4.68 Å². The van der Waals surface area contributed by atoms with Crippen molar-refractivity contribution in [3.63, 3.8) is 0 Å². The van der Waals surface area contributed by atoms with Crippen LogP contribution in [0.15, 0.2) is 23.0 Å². The largest absolute Gasteiger partial charge is 0.345 e. The highest BCUT2D eigenvalue weighted by molar-refractivity contribution is 7.18. The molecule has 0 radical (unpaired) electrons. The number of thiazole rings is 1. The number of aromatic nitrogens is 4. The summed E-state index contributed by atoms with van der Waals surface area (Å²) in [6.07, 6.45) is 3.64. The number of rotatable bonds is 6. The van der Waals surface area contributed by atoms with Crippen LogP contribution < -0.4 is 16.3 Å². The van der Waals surface area contributed by atoms with Gasteiger partial charge in [0.25, 0.3) is 0 Å². The van der Waals surface area contributed by atoms with Gasteiger partial charge in [-0.1, -0.05) is 13.8 Å². The SMILES string of the molecule is CC(C)c1nc2ccc(NC(=O)NCCCn3nc4n(c3=O)CCCC4)cc2s1. The van der Waals surface area contributed by atoms with E-state index in [4.69, 9.17) is 0 Å². The predicted octanol–water partition coefficient (Wildman–Crippen LogP) is 3.33. The molecule has 0 atom stereocenters. The second-order valence-corrected chi connectivity index (χ2v) is 8.72. The van der Waals surface area contributed by atoms with Gasteiger partial charge in [-0.3, -0.25) is 4.57 Å². The standard InChI is InChI=1S/C20H26N6O2S/c1-13(2)18-23-15-8-7-14(12-16(15)29-18)22-19(27)21-9-5-11-26-20(28)25-10-4-3-6-17(25)24-26/h7-8,12-13H,3-6,9-11H2,1-2H3,(H2,21,22,27). The Hall–Kier alpha value is -2.68. The lowest BCUT2D eigenvalue weighted by Crippen LogP contribution is -2.31. The maximum Gasteiger partial charge on any atom is 0.345 e. The molecule has 8 nitrogen and oxygen atoms in total. The van der Waals surface area contributed by atoms with Gasteiger partial charge in [0.2, 0.25) is 0 Å². The topological polar surface area (TPSA) is 93.8 Å². The number of nitrogens with zero attached hydrogens (tertiary/aromatic N) is 4. The van der Waals surface area contributed by atoms with Crippen LogP contribution >= 0.6 is 11.3 Å². The van der Waals surface area contributed by atoms with Crippen molar-refractivity contribution in [1.82, 2.24) is 24.6 Å². The normalized spacial score (nSPS) is 13.6. The number of fused-ring (bicyclic) bond motifs is 2. The van der Waals surface area contributed by atoms with Gasteiger partial charge in [-0.2, -0.15) is 5.10 Å². The number of aryl methyl sites for hydroxylation is 2. The number of urea groups is 1. The molecule has 9 heteroatoms. The van der Waals surface area contributed by atoms with Crippen molar-refractivity contribution in [2.45, 2.75) is 58.5 Å². The molecule has 0 saturated carbocycles. The van der Waals surface area contributed by atoms with Crippen LogP contribution in [0.4, 0.5) is 10.5 Å². The zero-order valence-corrected chi connectivity index (χ0v) is 17.6. The second kappa shape index (κ2) is 8.36. The van der Waals surface area contributed by atoms with Crippen LogP contribution in [0, 0.1) is 0 Å². The maximum absolute atomic E-state index is 12.3. The Bertz CT molecular complexity index is 1080. The summed E-state index contributed by atoms with van der Waals surface area (Å²) in [6.45, 7) is 5.98. The van der Waals surface area contributed by atoms with E-state index in [2.05, 4.69) is 34.6 Å². The molecule has 0 spiro atoms. The summed E-state index contributed by atoms with van der Waals surface area (Å²) in [7, 11) is 0. The Balaban J connectivity index is 1.27. The fraction of sp³-hybridized carbons (Fsp3) is 0.500. The minimum Gasteiger partial charge on any atom is -0.338 e. The molecule has 2 amide bonds. The predicted molar refractivity (Wildman–Crippen MR) is 115 cm³/mol. The summed E-state index contributed by atoms with van der Waals surface area (Å²) in [6, 6.07) is 5.49. The average molecular weight is 415 g/mol. The number of nitrogens with one attached hydrogen (secondary N) is 2. The first-order valence-corrected chi connectivity index (χ1v) is 10.9. The molecule has 0 saturated heterocycles. The van der Waals surface area contributed by atoms with Crippen molar-refractivity contribution in [2.24, 2.45) is 0 Å². The Labute approximate surface area is 172 Å². The molecule has 3 aromatic rings. The fourth-order valence-electron chi connectivity index (χ4n) is 3.47. The first-order chi connectivity index (χ1) is 14.0. The fourth-order valence-corrected chi connectivity index (χ4v) is 4.48. The molecule has 0 fully saturated rings. The summed E-state index contributed by atoms with van der Waals surface area (Å²) in [5.74, 6) is 1.27. The number of amides is 2. The lowest BCUT2D eigenvalue weighted by molar-refractivity contribution is 0.251. The Morgan fingerprint density at radius 1 is 1.31 bits per heavy atom. The van der Waals surface area contributed by atoms with E-state index in [9.17, 15) is 9.59 Å². The van der Waals surface area contributed by atoms with Gasteiger partial charge in [-0.25, -0.2) is 19.3 Å². The molecule has 3 heterocycles. The van der Waals surface area contributed by atoms with E-state index in [0.717, 1.165) is 52.5 Å². The van der Waals surface area contributed by atoms with Crippen molar-refractivity contribution in [3.05, 3.63) is 39.5 Å². The molecule has 0 unspecified atom stereocenters. The molecule has 1 aliphatic rings. The van der Waals surface area contributed by atoms with E-state index < -0.39 is 0 Å². The van der Waals surface area contributed by atoms with Crippen LogP contribution in [0.2, 0.25) is 0 Å². The maximum atomic E-state index is 12.3. The molecule has 0 aliphatic carbocycles. The van der Waals surface area contributed by atoms with Crippen LogP contribution in [-0.2, 0) is 19.5 Å². The third kappa shape index (κ3) is 4.34. The highest BCUT2D eigenvalue weighted by atomic mass is 32.1. The summed E-state index contributed by atoms with van der Waals surface area (Å²) in [5.41, 5.74) is 1.66. The molecule has 0 bridgehead atoms. The van der Waals surface area contributed by atoms with E-state index in [1.807, 2.05) is 18.2 Å². The van der Waals surface area contributed by atoms with Gasteiger partial charge in [-0.15, -0.1) is 11.3 Å². The number of benzene rings is 1. The molecular formula is C20H26N6O2S. The van der Waals surface area contributed by atoms with E-state index in [0.29, 0.717) is 25.4 Å². The Kier molecular flexibility index (Phi) is 5.66. The van der Waals surface area contributed by atoms with Crippen LogP contribution in [0.3, 0.4) is 0 Å². The van der Waals surface area contributed by atoms with E-state index in [-0.39, 0.29) is 11.7 Å². The van der Waals surface area contributed by atoms with Gasteiger partial charge in [-0.05, 0) is 37.5 Å². The molecule has 29 heavy (non-hydrogen) atoms. The minimum absolute atomic E-state index is 0.0391. The molecule has 4 rings (SSSR count). The zero-order chi connectivity index (χ0) is 20.4. The van der Waals surface area contributed by atoms with Gasteiger partial charge in [0.1, 0.15) is 5.82 Å². The van der Waals surface area contributed by atoms with Crippen molar-refractivity contribution in [2.75, 3.05) is 11.9 Å². The zero-order valence-electron chi connectivity index (χ0n) is 16.8. The van der Waals surface area contributed by atoms with Gasteiger partial charge in [0.05, 0.1) is 15.2 Å². The van der Waals surface area contributed by atoms with E-state index in [1.54, 1.807) is 15.9 Å². The second-order valence-electron chi connectivity index (χ2n) is 7.65. The van der Waals surface area contributed by atoms with Gasteiger partial charge in [0.15, 0.2) is 0 Å². The summed E-state index contributed by atoms with van der Waals surface area (Å²) in [5, 5.41) is 11.2. The lowest BCUT2D eigenvalue weighted by atomic mass is 10.2. The number of carbonyl (C=O) groups excluding carboxylic acids is 1. The highest BCUT2D eigenvalue weighted by Gasteiger charge is 2.16. The van der Waals surface area contributed by atoms with Gasteiger partial charge < -0.3 is 10.6 Å². The molecule has 154 valence electrons. The quantitative estimate of drug-likeness (QED) is 0.605. The summed E-state index contributed by atoms with van der Waals surface area (Å²) < 4.78 is 4.35. The minimum atomic E-state index is -0.255. The van der Waals surface area contributed by atoms with Gasteiger partial charge >= 0.3 is 11.7 Å².